The van der Waals surface area contributed by atoms with Crippen molar-refractivity contribution in [3.8, 4) is 5.75 Å². The van der Waals surface area contributed by atoms with Gasteiger partial charge in [0.25, 0.3) is 0 Å². The van der Waals surface area contributed by atoms with Crippen LogP contribution in [-0.2, 0) is 9.53 Å². The first kappa shape index (κ1) is 20.0. The van der Waals surface area contributed by atoms with Gasteiger partial charge in [0.2, 0.25) is 5.91 Å². The molecule has 2 aromatic carbocycles. The molecule has 1 amide bonds. The van der Waals surface area contributed by atoms with Crippen LogP contribution in [0.15, 0.2) is 54.6 Å². The fourth-order valence-electron chi connectivity index (χ4n) is 3.11. The Kier molecular flexibility index (Phi) is 7.17. The molecule has 1 N–H and O–H groups in total. The number of nitrogens with zero attached hydrogens (tertiary/aromatic N) is 1. The number of halogens is 1. The van der Waals surface area contributed by atoms with Gasteiger partial charge >= 0.3 is 0 Å². The molecule has 3 rings (SSSR count). The number of hydrogen-bond donors (Lipinski definition) is 1. The van der Waals surface area contributed by atoms with Crippen LogP contribution in [0.1, 0.15) is 17.2 Å². The van der Waals surface area contributed by atoms with Crippen LogP contribution in [-0.4, -0.2) is 50.8 Å². The summed E-state index contributed by atoms with van der Waals surface area (Å²) in [6.07, 6.45) is 2.86. The number of benzene rings is 2. The Balaban J connectivity index is 1.71. The highest BCUT2D eigenvalue weighted by atomic mass is 19.1. The van der Waals surface area contributed by atoms with E-state index in [2.05, 4.69) is 10.2 Å². The lowest BCUT2D eigenvalue weighted by molar-refractivity contribution is -0.117. The highest BCUT2D eigenvalue weighted by Gasteiger charge is 2.19. The second-order valence-corrected chi connectivity index (χ2v) is 6.60. The molecule has 2 aromatic rings. The lowest BCUT2D eigenvalue weighted by atomic mass is 10.1. The summed E-state index contributed by atoms with van der Waals surface area (Å²) in [5.41, 5.74) is 1.37. The molecule has 5 nitrogen and oxygen atoms in total. The van der Waals surface area contributed by atoms with Crippen molar-refractivity contribution in [3.63, 3.8) is 0 Å². The monoisotopic (exact) mass is 384 g/mol. The molecular formula is C22H25FN2O3. The molecule has 0 aromatic heterocycles. The minimum Gasteiger partial charge on any atom is -0.497 e. The highest BCUT2D eigenvalue weighted by molar-refractivity contribution is 5.92. The van der Waals surface area contributed by atoms with Gasteiger partial charge < -0.3 is 14.8 Å². The quantitative estimate of drug-likeness (QED) is 0.746. The minimum atomic E-state index is -0.355. The zero-order chi connectivity index (χ0) is 19.8. The maximum atomic E-state index is 13.7. The van der Waals surface area contributed by atoms with Gasteiger partial charge in [-0.3, -0.25) is 9.69 Å². The maximum absolute atomic E-state index is 13.7. The van der Waals surface area contributed by atoms with Crippen LogP contribution >= 0.6 is 0 Å². The second kappa shape index (κ2) is 10.0. The zero-order valence-electron chi connectivity index (χ0n) is 15.9. The summed E-state index contributed by atoms with van der Waals surface area (Å²) in [5.74, 6) is 0.142. The van der Waals surface area contributed by atoms with Crippen LogP contribution in [0.25, 0.3) is 6.08 Å². The Bertz CT molecular complexity index is 802. The first-order valence-corrected chi connectivity index (χ1v) is 9.33. The molecule has 0 unspecified atom stereocenters. The summed E-state index contributed by atoms with van der Waals surface area (Å²) in [4.78, 5) is 14.8. The van der Waals surface area contributed by atoms with E-state index < -0.39 is 0 Å². The van der Waals surface area contributed by atoms with Crippen LogP contribution in [0.4, 0.5) is 4.39 Å². The van der Waals surface area contributed by atoms with E-state index in [1.165, 1.54) is 18.2 Å². The molecule has 0 saturated carbocycles. The van der Waals surface area contributed by atoms with Gasteiger partial charge in [-0.1, -0.05) is 30.3 Å². The van der Waals surface area contributed by atoms with Crippen molar-refractivity contribution in [1.82, 2.24) is 10.2 Å². The van der Waals surface area contributed by atoms with Crippen LogP contribution < -0.4 is 10.1 Å². The zero-order valence-corrected chi connectivity index (χ0v) is 15.9. The van der Waals surface area contributed by atoms with Crippen molar-refractivity contribution in [1.29, 1.82) is 0 Å². The van der Waals surface area contributed by atoms with E-state index >= 15 is 0 Å². The van der Waals surface area contributed by atoms with Gasteiger partial charge in [0.05, 0.1) is 26.4 Å². The van der Waals surface area contributed by atoms with E-state index in [9.17, 15) is 9.18 Å². The standard InChI is InChI=1S/C22H25FN2O3/c1-27-19-9-6-18(7-10-19)21(16-25-12-14-28-15-13-25)24-22(26)11-8-17-4-2-3-5-20(17)23/h2-11,21H,12-16H2,1H3,(H,24,26)/b11-8-/t21-/m1/s1. The fourth-order valence-corrected chi connectivity index (χ4v) is 3.11. The maximum Gasteiger partial charge on any atom is 0.244 e. The molecule has 1 heterocycles. The Morgan fingerprint density at radius 1 is 1.21 bits per heavy atom. The summed E-state index contributed by atoms with van der Waals surface area (Å²) in [6, 6.07) is 13.8. The van der Waals surface area contributed by atoms with Gasteiger partial charge in [0.1, 0.15) is 11.6 Å². The molecule has 0 aliphatic carbocycles. The number of carbonyl (C=O) groups is 1. The van der Waals surface area contributed by atoms with Gasteiger partial charge in [0.15, 0.2) is 0 Å². The third kappa shape index (κ3) is 5.65. The van der Waals surface area contributed by atoms with Gasteiger partial charge in [0, 0.05) is 31.3 Å². The number of nitrogens with one attached hydrogen (secondary N) is 1. The van der Waals surface area contributed by atoms with Crippen LogP contribution in [0.3, 0.4) is 0 Å². The number of morpholine rings is 1. The third-order valence-corrected chi connectivity index (χ3v) is 4.70. The van der Waals surface area contributed by atoms with Crippen molar-refractivity contribution in [2.45, 2.75) is 6.04 Å². The summed E-state index contributed by atoms with van der Waals surface area (Å²) in [7, 11) is 1.62. The van der Waals surface area contributed by atoms with E-state index in [1.54, 1.807) is 25.3 Å². The van der Waals surface area contributed by atoms with Gasteiger partial charge in [-0.2, -0.15) is 0 Å². The molecule has 1 saturated heterocycles. The first-order valence-electron chi connectivity index (χ1n) is 9.33. The van der Waals surface area contributed by atoms with Crippen molar-refractivity contribution in [2.24, 2.45) is 0 Å². The number of carbonyl (C=O) groups excluding carboxylic acids is 1. The van der Waals surface area contributed by atoms with E-state index in [0.717, 1.165) is 24.4 Å². The fraction of sp³-hybridized carbons (Fsp3) is 0.318. The molecule has 148 valence electrons. The Labute approximate surface area is 164 Å². The Hall–Kier alpha value is -2.70. The second-order valence-electron chi connectivity index (χ2n) is 6.60. The summed E-state index contributed by atoms with van der Waals surface area (Å²) < 4.78 is 24.4. The van der Waals surface area contributed by atoms with E-state index in [-0.39, 0.29) is 17.8 Å². The molecule has 0 bridgehead atoms. The average Bonchev–Trinajstić information content (AvgIpc) is 2.73. The number of rotatable bonds is 7. The Morgan fingerprint density at radius 2 is 1.93 bits per heavy atom. The molecule has 1 atom stereocenters. The highest BCUT2D eigenvalue weighted by Crippen LogP contribution is 2.19. The van der Waals surface area contributed by atoms with Crippen molar-refractivity contribution < 1.29 is 18.7 Å². The normalized spacial score (nSPS) is 16.1. The van der Waals surface area contributed by atoms with E-state index in [1.807, 2.05) is 24.3 Å². The molecular weight excluding hydrogens is 359 g/mol. The predicted octanol–water partition coefficient (Wildman–Crippen LogP) is 3.04. The average molecular weight is 384 g/mol. The molecule has 0 spiro atoms. The number of methoxy groups -OCH3 is 1. The van der Waals surface area contributed by atoms with E-state index in [4.69, 9.17) is 9.47 Å². The number of hydrogen-bond acceptors (Lipinski definition) is 4. The lowest BCUT2D eigenvalue weighted by Gasteiger charge is -2.31. The summed E-state index contributed by atoms with van der Waals surface area (Å²) in [6.45, 7) is 3.71. The van der Waals surface area contributed by atoms with E-state index in [0.29, 0.717) is 25.3 Å². The van der Waals surface area contributed by atoms with Crippen LogP contribution in [0, 0.1) is 5.82 Å². The van der Waals surface area contributed by atoms with Crippen molar-refractivity contribution in [2.75, 3.05) is 40.0 Å². The largest absolute Gasteiger partial charge is 0.497 e. The number of ether oxygens (including phenoxy) is 2. The molecule has 1 aliphatic rings. The molecule has 0 radical (unpaired) electrons. The lowest BCUT2D eigenvalue weighted by Crippen LogP contribution is -2.42. The van der Waals surface area contributed by atoms with Crippen LogP contribution in [0.5, 0.6) is 5.75 Å². The molecule has 28 heavy (non-hydrogen) atoms. The molecule has 1 aliphatic heterocycles. The van der Waals surface area contributed by atoms with Crippen LogP contribution in [0.2, 0.25) is 0 Å². The SMILES string of the molecule is COc1ccc([C@@H](CN2CCOCC2)NC(=O)/C=C\c2ccccc2F)cc1. The van der Waals surface area contributed by atoms with Gasteiger partial charge in [-0.05, 0) is 29.8 Å². The van der Waals surface area contributed by atoms with Gasteiger partial charge in [-0.25, -0.2) is 4.39 Å². The van der Waals surface area contributed by atoms with Crippen molar-refractivity contribution >= 4 is 12.0 Å². The summed E-state index contributed by atoms with van der Waals surface area (Å²) in [5, 5.41) is 3.04. The summed E-state index contributed by atoms with van der Waals surface area (Å²) >= 11 is 0. The minimum absolute atomic E-state index is 0.193. The first-order chi connectivity index (χ1) is 13.7. The van der Waals surface area contributed by atoms with Gasteiger partial charge in [-0.15, -0.1) is 0 Å². The molecule has 6 heteroatoms. The van der Waals surface area contributed by atoms with Crippen molar-refractivity contribution in [3.05, 3.63) is 71.6 Å². The Morgan fingerprint density at radius 3 is 2.61 bits per heavy atom. The molecule has 1 fully saturated rings. The predicted molar refractivity (Wildman–Crippen MR) is 107 cm³/mol. The number of amides is 1. The smallest absolute Gasteiger partial charge is 0.244 e. The topological polar surface area (TPSA) is 50.8 Å². The third-order valence-electron chi connectivity index (χ3n) is 4.70.